The van der Waals surface area contributed by atoms with Crippen LogP contribution in [0.5, 0.6) is 11.5 Å². The lowest BCUT2D eigenvalue weighted by molar-refractivity contribution is -0.144. The van der Waals surface area contributed by atoms with Crippen molar-refractivity contribution in [1.82, 2.24) is 0 Å². The van der Waals surface area contributed by atoms with Gasteiger partial charge >= 0.3 is 5.97 Å². The van der Waals surface area contributed by atoms with Crippen LogP contribution in [0, 0.1) is 5.41 Å². The Morgan fingerprint density at radius 2 is 1.70 bits per heavy atom. The number of benzene rings is 3. The minimum Gasteiger partial charge on any atom is -0.465 e. The highest BCUT2D eigenvalue weighted by atomic mass is 16.7. The molecule has 1 aliphatic carbocycles. The van der Waals surface area contributed by atoms with E-state index in [1.54, 1.807) is 24.3 Å². The monoisotopic (exact) mass is 404 g/mol. The standard InChI is InChI=1S/C26H28O4/c1-5-26(3,4)25(27)30-21-14-12-20(13-15-21)28-17(2)29-23-16-19-10-6-8-18-9-7-11-22(23)24(18)19/h6-15,17,23H,5,16H2,1-4H3. The summed E-state index contributed by atoms with van der Waals surface area (Å²) in [5, 5.41) is 2.56. The van der Waals surface area contributed by atoms with Gasteiger partial charge in [-0.15, -0.1) is 0 Å². The molecule has 2 unspecified atom stereocenters. The van der Waals surface area contributed by atoms with Gasteiger partial charge in [0.05, 0.1) is 11.5 Å². The van der Waals surface area contributed by atoms with Crippen molar-refractivity contribution in [3.63, 3.8) is 0 Å². The molecule has 0 N–H and O–H groups in total. The maximum Gasteiger partial charge on any atom is 0.316 e. The molecule has 0 radical (unpaired) electrons. The molecule has 0 fully saturated rings. The molecule has 4 heteroatoms. The van der Waals surface area contributed by atoms with Gasteiger partial charge in [-0.1, -0.05) is 43.3 Å². The molecule has 0 aromatic heterocycles. The Morgan fingerprint density at radius 3 is 2.40 bits per heavy atom. The second kappa shape index (κ2) is 8.11. The van der Waals surface area contributed by atoms with Crippen LogP contribution in [0.1, 0.15) is 51.3 Å². The van der Waals surface area contributed by atoms with Gasteiger partial charge in [-0.3, -0.25) is 4.79 Å². The lowest BCUT2D eigenvalue weighted by atomic mass is 9.91. The van der Waals surface area contributed by atoms with Gasteiger partial charge < -0.3 is 14.2 Å². The van der Waals surface area contributed by atoms with Gasteiger partial charge in [-0.25, -0.2) is 0 Å². The van der Waals surface area contributed by atoms with E-state index in [1.807, 2.05) is 27.7 Å². The highest BCUT2D eigenvalue weighted by molar-refractivity contribution is 5.91. The van der Waals surface area contributed by atoms with Crippen molar-refractivity contribution in [2.75, 3.05) is 0 Å². The largest absolute Gasteiger partial charge is 0.465 e. The topological polar surface area (TPSA) is 44.8 Å². The van der Waals surface area contributed by atoms with Crippen LogP contribution in [0.25, 0.3) is 10.8 Å². The maximum absolute atomic E-state index is 12.2. The van der Waals surface area contributed by atoms with E-state index < -0.39 is 11.7 Å². The maximum atomic E-state index is 12.2. The van der Waals surface area contributed by atoms with Crippen LogP contribution in [0.2, 0.25) is 0 Å². The van der Waals surface area contributed by atoms with Crippen molar-refractivity contribution < 1.29 is 19.0 Å². The average Bonchev–Trinajstić information content (AvgIpc) is 3.08. The molecule has 0 spiro atoms. The number of ether oxygens (including phenoxy) is 3. The third kappa shape index (κ3) is 4.05. The number of carbonyl (C=O) groups is 1. The Bertz CT molecular complexity index is 1050. The van der Waals surface area contributed by atoms with E-state index in [2.05, 4.69) is 36.4 Å². The minimum atomic E-state index is -0.501. The van der Waals surface area contributed by atoms with E-state index in [0.29, 0.717) is 11.5 Å². The zero-order valence-electron chi connectivity index (χ0n) is 18.0. The molecule has 0 aliphatic heterocycles. The van der Waals surface area contributed by atoms with E-state index in [1.165, 1.54) is 21.9 Å². The van der Waals surface area contributed by atoms with Crippen molar-refractivity contribution in [2.24, 2.45) is 5.41 Å². The van der Waals surface area contributed by atoms with E-state index in [0.717, 1.165) is 12.8 Å². The predicted octanol–water partition coefficient (Wildman–Crippen LogP) is 6.22. The zero-order chi connectivity index (χ0) is 21.3. The molecule has 0 amide bonds. The molecule has 4 rings (SSSR count). The first-order valence-electron chi connectivity index (χ1n) is 10.5. The summed E-state index contributed by atoms with van der Waals surface area (Å²) >= 11 is 0. The molecular formula is C26H28O4. The molecule has 1 aliphatic rings. The predicted molar refractivity (Wildman–Crippen MR) is 118 cm³/mol. The normalized spacial score (nSPS) is 16.5. The summed E-state index contributed by atoms with van der Waals surface area (Å²) in [6.45, 7) is 7.64. The van der Waals surface area contributed by atoms with Gasteiger partial charge in [0.25, 0.3) is 0 Å². The molecular weight excluding hydrogens is 376 g/mol. The first kappa shape index (κ1) is 20.4. The van der Waals surface area contributed by atoms with E-state index >= 15 is 0 Å². The molecule has 3 aromatic carbocycles. The second-order valence-corrected chi connectivity index (χ2v) is 8.48. The first-order chi connectivity index (χ1) is 14.4. The fourth-order valence-corrected chi connectivity index (χ4v) is 3.75. The van der Waals surface area contributed by atoms with Gasteiger partial charge in [0.15, 0.2) is 6.29 Å². The Hall–Kier alpha value is -2.85. The molecule has 30 heavy (non-hydrogen) atoms. The summed E-state index contributed by atoms with van der Waals surface area (Å²) in [5.74, 6) is 0.955. The molecule has 3 aromatic rings. The van der Waals surface area contributed by atoms with Crippen molar-refractivity contribution in [3.05, 3.63) is 71.8 Å². The van der Waals surface area contributed by atoms with E-state index in [9.17, 15) is 4.79 Å². The first-order valence-corrected chi connectivity index (χ1v) is 10.5. The van der Waals surface area contributed by atoms with Crippen molar-refractivity contribution in [1.29, 1.82) is 0 Å². The van der Waals surface area contributed by atoms with Crippen molar-refractivity contribution in [3.8, 4) is 11.5 Å². The van der Waals surface area contributed by atoms with Crippen LogP contribution < -0.4 is 9.47 Å². The summed E-state index contributed by atoms with van der Waals surface area (Å²) in [5.41, 5.74) is 2.04. The Kier molecular flexibility index (Phi) is 5.52. The summed E-state index contributed by atoms with van der Waals surface area (Å²) in [4.78, 5) is 12.2. The van der Waals surface area contributed by atoms with Crippen LogP contribution >= 0.6 is 0 Å². The molecule has 4 nitrogen and oxygen atoms in total. The Morgan fingerprint density at radius 1 is 1.03 bits per heavy atom. The van der Waals surface area contributed by atoms with Gasteiger partial charge in [-0.2, -0.15) is 0 Å². The highest BCUT2D eigenvalue weighted by Gasteiger charge is 2.28. The average molecular weight is 405 g/mol. The SMILES string of the molecule is CCC(C)(C)C(=O)Oc1ccc(OC(C)OC2Cc3cccc4cccc2c34)cc1. The summed E-state index contributed by atoms with van der Waals surface area (Å²) in [6.07, 6.45) is 1.15. The molecule has 0 saturated carbocycles. The summed E-state index contributed by atoms with van der Waals surface area (Å²) in [7, 11) is 0. The van der Waals surface area contributed by atoms with Gasteiger partial charge in [-0.05, 0) is 73.4 Å². The highest BCUT2D eigenvalue weighted by Crippen LogP contribution is 2.39. The lowest BCUT2D eigenvalue weighted by Crippen LogP contribution is -2.28. The van der Waals surface area contributed by atoms with Gasteiger partial charge in [0.2, 0.25) is 0 Å². The van der Waals surface area contributed by atoms with Crippen LogP contribution in [-0.2, 0) is 16.0 Å². The van der Waals surface area contributed by atoms with Crippen molar-refractivity contribution in [2.45, 2.75) is 52.9 Å². The van der Waals surface area contributed by atoms with E-state index in [4.69, 9.17) is 14.2 Å². The smallest absolute Gasteiger partial charge is 0.316 e. The molecule has 0 heterocycles. The fraction of sp³-hybridized carbons (Fsp3) is 0.346. The number of carbonyl (C=O) groups excluding carboxylic acids is 1. The molecule has 0 saturated heterocycles. The van der Waals surface area contributed by atoms with Crippen LogP contribution in [0.3, 0.4) is 0 Å². The van der Waals surface area contributed by atoms with Crippen LogP contribution in [0.4, 0.5) is 0 Å². The summed E-state index contributed by atoms with van der Waals surface area (Å²) in [6, 6.07) is 19.8. The molecule has 0 bridgehead atoms. The number of hydrogen-bond donors (Lipinski definition) is 0. The fourth-order valence-electron chi connectivity index (χ4n) is 3.75. The lowest BCUT2D eigenvalue weighted by Gasteiger charge is -2.21. The number of rotatable bonds is 7. The second-order valence-electron chi connectivity index (χ2n) is 8.48. The van der Waals surface area contributed by atoms with E-state index in [-0.39, 0.29) is 12.1 Å². The Labute approximate surface area is 177 Å². The zero-order valence-corrected chi connectivity index (χ0v) is 18.0. The third-order valence-corrected chi connectivity index (χ3v) is 5.90. The van der Waals surface area contributed by atoms with Crippen LogP contribution in [-0.4, -0.2) is 12.3 Å². The molecule has 156 valence electrons. The Balaban J connectivity index is 1.38. The third-order valence-electron chi connectivity index (χ3n) is 5.90. The van der Waals surface area contributed by atoms with Gasteiger partial charge in [0, 0.05) is 6.42 Å². The number of esters is 1. The number of hydrogen-bond acceptors (Lipinski definition) is 4. The minimum absolute atomic E-state index is 0.0161. The van der Waals surface area contributed by atoms with Crippen LogP contribution in [0.15, 0.2) is 60.7 Å². The quantitative estimate of drug-likeness (QED) is 0.266. The summed E-state index contributed by atoms with van der Waals surface area (Å²) < 4.78 is 17.7. The molecule has 2 atom stereocenters. The van der Waals surface area contributed by atoms with Gasteiger partial charge in [0.1, 0.15) is 11.5 Å². The van der Waals surface area contributed by atoms with Crippen molar-refractivity contribution >= 4 is 16.7 Å².